The number of pyridine rings is 2. The number of sulfone groups is 1. The van der Waals surface area contributed by atoms with E-state index in [1.54, 1.807) is 42.6 Å². The van der Waals surface area contributed by atoms with Gasteiger partial charge in [-0.15, -0.1) is 0 Å². The average Bonchev–Trinajstić information content (AvgIpc) is 3.28. The van der Waals surface area contributed by atoms with E-state index < -0.39 is 15.8 Å². The molecule has 1 amide bonds. The van der Waals surface area contributed by atoms with E-state index in [9.17, 15) is 22.0 Å². The number of carbonyl (C=O) groups is 1. The van der Waals surface area contributed by atoms with Gasteiger partial charge in [-0.3, -0.25) is 9.78 Å². The van der Waals surface area contributed by atoms with Gasteiger partial charge in [0.05, 0.1) is 0 Å². The molecule has 0 spiro atoms. The van der Waals surface area contributed by atoms with Crippen LogP contribution in [0.25, 0.3) is 33.6 Å². The second-order valence-electron chi connectivity index (χ2n) is 8.57. The fourth-order valence-electron chi connectivity index (χ4n) is 4.09. The molecule has 0 unspecified atom stereocenters. The van der Waals surface area contributed by atoms with Crippen molar-refractivity contribution in [2.45, 2.75) is 23.8 Å². The Bertz CT molecular complexity index is 1520. The third kappa shape index (κ3) is 4.66. The van der Waals surface area contributed by atoms with E-state index in [-0.39, 0.29) is 36.9 Å². The van der Waals surface area contributed by atoms with Crippen molar-refractivity contribution in [3.63, 3.8) is 0 Å². The SMILES string of the molecule is CS(=O)(=O)c1ccc(-c2cc3nccc(-c4cccc(C(=O)N5CCC(F)(F)CC5)c4)c3o2)cn1. The zero-order valence-electron chi connectivity index (χ0n) is 18.7. The fourth-order valence-corrected chi connectivity index (χ4v) is 4.65. The Hall–Kier alpha value is -3.66. The van der Waals surface area contributed by atoms with Gasteiger partial charge in [-0.25, -0.2) is 22.2 Å². The maximum atomic E-state index is 13.5. The van der Waals surface area contributed by atoms with E-state index in [2.05, 4.69) is 9.97 Å². The van der Waals surface area contributed by atoms with E-state index in [4.69, 9.17) is 4.42 Å². The van der Waals surface area contributed by atoms with Crippen molar-refractivity contribution in [2.75, 3.05) is 19.3 Å². The van der Waals surface area contributed by atoms with Gasteiger partial charge in [0.15, 0.2) is 20.4 Å². The second kappa shape index (κ2) is 8.53. The number of halogens is 2. The first-order valence-electron chi connectivity index (χ1n) is 10.9. The monoisotopic (exact) mass is 497 g/mol. The summed E-state index contributed by atoms with van der Waals surface area (Å²) in [6.07, 6.45) is 3.47. The molecule has 1 aromatic carbocycles. The van der Waals surface area contributed by atoms with Gasteiger partial charge in [-0.2, -0.15) is 0 Å². The Morgan fingerprint density at radius 2 is 1.80 bits per heavy atom. The molecule has 5 rings (SSSR count). The maximum absolute atomic E-state index is 13.5. The zero-order chi connectivity index (χ0) is 24.8. The molecule has 3 aromatic heterocycles. The topological polar surface area (TPSA) is 93.4 Å². The number of aromatic nitrogens is 2. The number of alkyl halides is 2. The van der Waals surface area contributed by atoms with Gasteiger partial charge in [0.1, 0.15) is 11.3 Å². The van der Waals surface area contributed by atoms with Crippen LogP contribution in [0, 0.1) is 0 Å². The summed E-state index contributed by atoms with van der Waals surface area (Å²) in [5.74, 6) is -2.54. The summed E-state index contributed by atoms with van der Waals surface area (Å²) < 4.78 is 56.4. The molecule has 4 heterocycles. The lowest BCUT2D eigenvalue weighted by molar-refractivity contribution is -0.0494. The summed E-state index contributed by atoms with van der Waals surface area (Å²) in [5.41, 5.74) is 3.51. The molecule has 7 nitrogen and oxygen atoms in total. The van der Waals surface area contributed by atoms with Crippen molar-refractivity contribution >= 4 is 26.8 Å². The number of furan rings is 1. The fraction of sp³-hybridized carbons (Fsp3) is 0.240. The lowest BCUT2D eigenvalue weighted by Crippen LogP contribution is -2.42. The number of fused-ring (bicyclic) bond motifs is 1. The second-order valence-corrected chi connectivity index (χ2v) is 10.5. The van der Waals surface area contributed by atoms with Crippen LogP contribution in [0.5, 0.6) is 0 Å². The van der Waals surface area contributed by atoms with Gasteiger partial charge < -0.3 is 9.32 Å². The smallest absolute Gasteiger partial charge is 0.253 e. The number of nitrogens with zero attached hydrogens (tertiary/aromatic N) is 3. The normalized spacial score (nSPS) is 15.9. The number of rotatable bonds is 4. The van der Waals surface area contributed by atoms with Crippen molar-refractivity contribution in [3.05, 3.63) is 66.5 Å². The Morgan fingerprint density at radius 1 is 1.03 bits per heavy atom. The van der Waals surface area contributed by atoms with Crippen LogP contribution in [0.1, 0.15) is 23.2 Å². The van der Waals surface area contributed by atoms with Crippen LogP contribution in [0.2, 0.25) is 0 Å². The molecule has 1 saturated heterocycles. The lowest BCUT2D eigenvalue weighted by Gasteiger charge is -2.31. The van der Waals surface area contributed by atoms with Crippen LogP contribution in [-0.4, -0.2) is 54.5 Å². The van der Waals surface area contributed by atoms with Crippen molar-refractivity contribution in [3.8, 4) is 22.5 Å². The van der Waals surface area contributed by atoms with Crippen LogP contribution in [0.4, 0.5) is 8.78 Å². The molecule has 4 aromatic rings. The molecule has 35 heavy (non-hydrogen) atoms. The third-order valence-corrected chi connectivity index (χ3v) is 7.02. The van der Waals surface area contributed by atoms with Crippen molar-refractivity contribution in [2.24, 2.45) is 0 Å². The van der Waals surface area contributed by atoms with E-state index in [1.807, 2.05) is 6.07 Å². The van der Waals surface area contributed by atoms with Crippen LogP contribution in [-0.2, 0) is 9.84 Å². The number of piperidine rings is 1. The predicted molar refractivity (Wildman–Crippen MR) is 126 cm³/mol. The molecule has 0 atom stereocenters. The molecular weight excluding hydrogens is 476 g/mol. The summed E-state index contributed by atoms with van der Waals surface area (Å²) in [7, 11) is -3.42. The Morgan fingerprint density at radius 3 is 2.49 bits per heavy atom. The molecule has 0 bridgehead atoms. The number of carbonyl (C=O) groups excluding carboxylic acids is 1. The highest BCUT2D eigenvalue weighted by Crippen LogP contribution is 2.34. The summed E-state index contributed by atoms with van der Waals surface area (Å²) in [6.45, 7) is 0.0343. The Balaban J connectivity index is 1.47. The minimum Gasteiger partial charge on any atom is -0.454 e. The molecule has 0 N–H and O–H groups in total. The van der Waals surface area contributed by atoms with Crippen molar-refractivity contribution < 1.29 is 26.4 Å². The molecular formula is C25H21F2N3O4S. The molecule has 10 heteroatoms. The van der Waals surface area contributed by atoms with Crippen molar-refractivity contribution in [1.29, 1.82) is 0 Å². The van der Waals surface area contributed by atoms with E-state index in [0.717, 1.165) is 11.8 Å². The quantitative estimate of drug-likeness (QED) is 0.401. The van der Waals surface area contributed by atoms with E-state index >= 15 is 0 Å². The number of likely N-dealkylation sites (tertiary alicyclic amines) is 1. The largest absolute Gasteiger partial charge is 0.454 e. The zero-order valence-corrected chi connectivity index (χ0v) is 19.6. The molecule has 0 saturated carbocycles. The molecule has 1 aliphatic rings. The first-order valence-corrected chi connectivity index (χ1v) is 12.8. The third-order valence-electron chi connectivity index (χ3n) is 6.02. The number of benzene rings is 1. The molecule has 0 aliphatic carbocycles. The van der Waals surface area contributed by atoms with Gasteiger partial charge in [-0.1, -0.05) is 12.1 Å². The summed E-state index contributed by atoms with van der Waals surface area (Å²) in [5, 5.41) is -0.0323. The summed E-state index contributed by atoms with van der Waals surface area (Å²) in [4.78, 5) is 22.8. The van der Waals surface area contributed by atoms with Gasteiger partial charge >= 0.3 is 0 Å². The van der Waals surface area contributed by atoms with Crippen molar-refractivity contribution in [1.82, 2.24) is 14.9 Å². The Kier molecular flexibility index (Phi) is 5.63. The number of hydrogen-bond acceptors (Lipinski definition) is 6. The maximum Gasteiger partial charge on any atom is 0.253 e. The summed E-state index contributed by atoms with van der Waals surface area (Å²) in [6, 6.07) is 13.5. The van der Waals surface area contributed by atoms with Crippen LogP contribution < -0.4 is 0 Å². The van der Waals surface area contributed by atoms with E-state index in [1.165, 1.54) is 17.2 Å². The molecule has 1 fully saturated rings. The standard InChI is InChI=1S/C25H21F2N3O4S/c1-35(32,33)22-6-5-18(15-29-22)21-14-20-23(34-21)19(7-10-28-20)16-3-2-4-17(13-16)24(31)30-11-8-25(26,27)9-12-30/h2-7,10,13-15H,8-9,11-12H2,1H3. The molecule has 180 valence electrons. The highest BCUT2D eigenvalue weighted by molar-refractivity contribution is 7.90. The predicted octanol–water partition coefficient (Wildman–Crippen LogP) is 4.83. The Labute approximate surface area is 200 Å². The van der Waals surface area contributed by atoms with Crippen LogP contribution in [0.3, 0.4) is 0 Å². The lowest BCUT2D eigenvalue weighted by atomic mass is 10.0. The summed E-state index contributed by atoms with van der Waals surface area (Å²) >= 11 is 0. The van der Waals surface area contributed by atoms with Crippen LogP contribution >= 0.6 is 0 Å². The highest BCUT2D eigenvalue weighted by atomic mass is 32.2. The minimum absolute atomic E-state index is 0.0171. The van der Waals surface area contributed by atoms with Gasteiger partial charge in [0, 0.05) is 67.3 Å². The number of hydrogen-bond donors (Lipinski definition) is 0. The molecule has 1 aliphatic heterocycles. The van der Waals surface area contributed by atoms with E-state index in [0.29, 0.717) is 33.6 Å². The highest BCUT2D eigenvalue weighted by Gasteiger charge is 2.35. The average molecular weight is 498 g/mol. The first-order chi connectivity index (χ1) is 16.6. The molecule has 0 radical (unpaired) electrons. The first kappa shape index (κ1) is 23.1. The minimum atomic E-state index is -3.42. The van der Waals surface area contributed by atoms with Gasteiger partial charge in [-0.05, 0) is 35.9 Å². The van der Waals surface area contributed by atoms with Gasteiger partial charge in [0.2, 0.25) is 0 Å². The van der Waals surface area contributed by atoms with Crippen LogP contribution in [0.15, 0.2) is 70.4 Å². The number of amides is 1. The van der Waals surface area contributed by atoms with Gasteiger partial charge in [0.25, 0.3) is 11.8 Å².